The number of nitrogens with zero attached hydrogens (tertiary/aromatic N) is 2. The van der Waals surface area contributed by atoms with Gasteiger partial charge in [-0.3, -0.25) is 4.98 Å². The Kier molecular flexibility index (Phi) is 6.33. The predicted octanol–water partition coefficient (Wildman–Crippen LogP) is 3.75. The minimum Gasteiger partial charge on any atom is -0.473 e. The van der Waals surface area contributed by atoms with Crippen molar-refractivity contribution in [1.82, 2.24) is 15.3 Å². The van der Waals surface area contributed by atoms with Gasteiger partial charge in [0.25, 0.3) is 0 Å². The number of nitrogens with one attached hydrogen (secondary N) is 1. The van der Waals surface area contributed by atoms with E-state index < -0.39 is 21.5 Å². The Labute approximate surface area is 184 Å². The molecule has 0 atom stereocenters. The van der Waals surface area contributed by atoms with E-state index in [-0.39, 0.29) is 28.4 Å². The van der Waals surface area contributed by atoms with E-state index in [9.17, 15) is 17.2 Å². The van der Waals surface area contributed by atoms with Crippen LogP contribution >= 0.6 is 0 Å². The maximum absolute atomic E-state index is 13.6. The van der Waals surface area contributed by atoms with E-state index in [4.69, 9.17) is 9.47 Å². The number of rotatable bonds is 6. The zero-order valence-electron chi connectivity index (χ0n) is 17.2. The Morgan fingerprint density at radius 3 is 2.44 bits per heavy atom. The van der Waals surface area contributed by atoms with Crippen molar-refractivity contribution in [3.63, 3.8) is 0 Å². The summed E-state index contributed by atoms with van der Waals surface area (Å²) in [5, 5.41) is 3.22. The fourth-order valence-corrected chi connectivity index (χ4v) is 4.09. The SMILES string of the molecule is CS(=O)(=O)c1cc(Oc2cncc(-c3ccc(F)c(F)c3)c2)cnc1OC1CCNCC1. The molecular weight excluding hydrogens is 440 g/mol. The van der Waals surface area contributed by atoms with E-state index in [2.05, 4.69) is 15.3 Å². The second-order valence-corrected chi connectivity index (χ2v) is 9.44. The van der Waals surface area contributed by atoms with E-state index in [1.807, 2.05) is 0 Å². The second kappa shape index (κ2) is 9.17. The first kappa shape index (κ1) is 22.1. The standard InChI is InChI=1S/C22H21F2N3O4S/c1-32(28,29)21-10-18(13-27-22(21)31-16-4-6-25-7-5-16)30-17-8-15(11-26-12-17)14-2-3-19(23)20(24)9-14/h2-3,8-13,16,25H,4-7H2,1H3. The molecule has 32 heavy (non-hydrogen) atoms. The van der Waals surface area contributed by atoms with Crippen molar-refractivity contribution in [3.8, 4) is 28.5 Å². The maximum atomic E-state index is 13.6. The molecule has 7 nitrogen and oxygen atoms in total. The van der Waals surface area contributed by atoms with E-state index in [0.29, 0.717) is 11.1 Å². The molecule has 0 unspecified atom stereocenters. The molecule has 1 aliphatic rings. The molecule has 0 bridgehead atoms. The number of halogens is 2. The van der Waals surface area contributed by atoms with Gasteiger partial charge in [-0.05, 0) is 49.7 Å². The minimum atomic E-state index is -3.63. The third-order valence-corrected chi connectivity index (χ3v) is 6.05. The smallest absolute Gasteiger partial charge is 0.233 e. The van der Waals surface area contributed by atoms with E-state index in [1.165, 1.54) is 30.7 Å². The topological polar surface area (TPSA) is 90.4 Å². The summed E-state index contributed by atoms with van der Waals surface area (Å²) in [4.78, 5) is 8.17. The number of benzene rings is 1. The Hall–Kier alpha value is -3.11. The van der Waals surface area contributed by atoms with E-state index in [0.717, 1.165) is 44.3 Å². The van der Waals surface area contributed by atoms with Gasteiger partial charge in [-0.15, -0.1) is 0 Å². The van der Waals surface area contributed by atoms with Crippen LogP contribution in [0.1, 0.15) is 12.8 Å². The normalized spacial score (nSPS) is 14.8. The van der Waals surface area contributed by atoms with E-state index >= 15 is 0 Å². The van der Waals surface area contributed by atoms with Crippen LogP contribution in [0.15, 0.2) is 53.8 Å². The fourth-order valence-electron chi connectivity index (χ4n) is 3.34. The molecule has 168 valence electrons. The average Bonchev–Trinajstić information content (AvgIpc) is 2.77. The zero-order valence-corrected chi connectivity index (χ0v) is 18.0. The zero-order chi connectivity index (χ0) is 22.7. The van der Waals surface area contributed by atoms with Crippen LogP contribution in [0.4, 0.5) is 8.78 Å². The van der Waals surface area contributed by atoms with Crippen molar-refractivity contribution < 1.29 is 26.7 Å². The van der Waals surface area contributed by atoms with Crippen molar-refractivity contribution >= 4 is 9.84 Å². The van der Waals surface area contributed by atoms with Gasteiger partial charge in [-0.1, -0.05) is 6.07 Å². The molecule has 2 aromatic heterocycles. The van der Waals surface area contributed by atoms with Gasteiger partial charge in [-0.25, -0.2) is 22.2 Å². The summed E-state index contributed by atoms with van der Waals surface area (Å²) < 4.78 is 63.0. The highest BCUT2D eigenvalue weighted by Crippen LogP contribution is 2.31. The van der Waals surface area contributed by atoms with Gasteiger partial charge in [0.2, 0.25) is 5.88 Å². The predicted molar refractivity (Wildman–Crippen MR) is 114 cm³/mol. The molecule has 10 heteroatoms. The van der Waals surface area contributed by atoms with Gasteiger partial charge in [0.1, 0.15) is 22.5 Å². The van der Waals surface area contributed by atoms with Crippen LogP contribution in [0, 0.1) is 11.6 Å². The molecule has 0 aliphatic carbocycles. The third kappa shape index (κ3) is 5.20. The summed E-state index contributed by atoms with van der Waals surface area (Å²) in [6.45, 7) is 1.59. The molecular formula is C22H21F2N3O4S. The number of sulfone groups is 1. The summed E-state index contributed by atoms with van der Waals surface area (Å²) >= 11 is 0. The molecule has 0 spiro atoms. The van der Waals surface area contributed by atoms with Crippen molar-refractivity contribution in [3.05, 3.63) is 60.6 Å². The van der Waals surface area contributed by atoms with Gasteiger partial charge in [-0.2, -0.15) is 0 Å². The first-order chi connectivity index (χ1) is 15.3. The largest absolute Gasteiger partial charge is 0.473 e. The number of ether oxygens (including phenoxy) is 2. The molecule has 1 aromatic carbocycles. The molecule has 3 heterocycles. The average molecular weight is 461 g/mol. The third-order valence-electron chi connectivity index (χ3n) is 4.96. The van der Waals surface area contributed by atoms with Crippen LogP contribution in [0.25, 0.3) is 11.1 Å². The van der Waals surface area contributed by atoms with Crippen LogP contribution in [0.2, 0.25) is 0 Å². The van der Waals surface area contributed by atoms with Crippen LogP contribution < -0.4 is 14.8 Å². The summed E-state index contributed by atoms with van der Waals surface area (Å²) in [5.41, 5.74) is 0.922. The summed E-state index contributed by atoms with van der Waals surface area (Å²) in [6, 6.07) is 6.45. The lowest BCUT2D eigenvalue weighted by Crippen LogP contribution is -2.34. The molecule has 1 aliphatic heterocycles. The quantitative estimate of drug-likeness (QED) is 0.598. The number of pyridine rings is 2. The van der Waals surface area contributed by atoms with Crippen LogP contribution in [-0.4, -0.2) is 43.8 Å². The monoisotopic (exact) mass is 461 g/mol. The number of hydrogen-bond donors (Lipinski definition) is 1. The summed E-state index contributed by atoms with van der Waals surface area (Å²) in [7, 11) is -3.63. The van der Waals surface area contributed by atoms with Gasteiger partial charge >= 0.3 is 0 Å². The Balaban J connectivity index is 1.59. The van der Waals surface area contributed by atoms with Crippen molar-refractivity contribution in [1.29, 1.82) is 0 Å². The van der Waals surface area contributed by atoms with Gasteiger partial charge in [0, 0.05) is 24.1 Å². The van der Waals surface area contributed by atoms with Crippen LogP contribution in [-0.2, 0) is 9.84 Å². The molecule has 0 amide bonds. The number of hydrogen-bond acceptors (Lipinski definition) is 7. The Bertz CT molecular complexity index is 1230. The fraction of sp³-hybridized carbons (Fsp3) is 0.273. The summed E-state index contributed by atoms with van der Waals surface area (Å²) in [5.74, 6) is -1.42. The number of aromatic nitrogens is 2. The van der Waals surface area contributed by atoms with Crippen LogP contribution in [0.3, 0.4) is 0 Å². The highest BCUT2D eigenvalue weighted by molar-refractivity contribution is 7.90. The Morgan fingerprint density at radius 2 is 1.72 bits per heavy atom. The lowest BCUT2D eigenvalue weighted by Gasteiger charge is -2.24. The van der Waals surface area contributed by atoms with Gasteiger partial charge in [0.05, 0.1) is 12.4 Å². The van der Waals surface area contributed by atoms with Crippen molar-refractivity contribution in [2.75, 3.05) is 19.3 Å². The highest BCUT2D eigenvalue weighted by Gasteiger charge is 2.22. The molecule has 4 rings (SSSR count). The Morgan fingerprint density at radius 1 is 0.969 bits per heavy atom. The molecule has 0 radical (unpaired) electrons. The van der Waals surface area contributed by atoms with Crippen molar-refractivity contribution in [2.24, 2.45) is 0 Å². The van der Waals surface area contributed by atoms with Gasteiger partial charge < -0.3 is 14.8 Å². The lowest BCUT2D eigenvalue weighted by molar-refractivity contribution is 0.151. The molecule has 0 saturated carbocycles. The molecule has 1 saturated heterocycles. The first-order valence-corrected chi connectivity index (χ1v) is 11.8. The molecule has 1 N–H and O–H groups in total. The minimum absolute atomic E-state index is 0.0420. The van der Waals surface area contributed by atoms with Crippen molar-refractivity contribution in [2.45, 2.75) is 23.8 Å². The first-order valence-electron chi connectivity index (χ1n) is 9.95. The molecule has 3 aromatic rings. The maximum Gasteiger partial charge on any atom is 0.233 e. The number of piperidine rings is 1. The second-order valence-electron chi connectivity index (χ2n) is 7.45. The summed E-state index contributed by atoms with van der Waals surface area (Å²) in [6.07, 6.45) is 6.74. The van der Waals surface area contributed by atoms with Crippen LogP contribution in [0.5, 0.6) is 17.4 Å². The molecule has 1 fully saturated rings. The van der Waals surface area contributed by atoms with E-state index in [1.54, 1.807) is 6.07 Å². The van der Waals surface area contributed by atoms with Gasteiger partial charge in [0.15, 0.2) is 21.5 Å². The lowest BCUT2D eigenvalue weighted by atomic mass is 10.1. The highest BCUT2D eigenvalue weighted by atomic mass is 32.2.